The van der Waals surface area contributed by atoms with E-state index in [9.17, 15) is 0 Å². The number of hydrogen-bond donors (Lipinski definition) is 0. The summed E-state index contributed by atoms with van der Waals surface area (Å²) in [5.41, 5.74) is 14.4. The maximum Gasteiger partial charge on any atom is 2.00 e. The second kappa shape index (κ2) is 31.9. The average molecular weight is 1560 g/mol. The van der Waals surface area contributed by atoms with Gasteiger partial charge in [-0.15, -0.1) is 40.0 Å². The van der Waals surface area contributed by atoms with Gasteiger partial charge in [0.25, 0.3) is 0 Å². The van der Waals surface area contributed by atoms with E-state index in [1.807, 2.05) is 0 Å². The molecule has 0 N–H and O–H groups in total. The third kappa shape index (κ3) is 14.7. The van der Waals surface area contributed by atoms with Gasteiger partial charge in [-0.25, -0.2) is 0 Å². The SMILES string of the molecule is C.C.C.CCC.CCC.CCC.CN1[CH-]N(N2[CH-]N(C)c3ccccc32)c2ccccc21.CN1[CH-]N(N2[CH-]N(C)c3ccccc32)c2ccccc21.CN1[CH-]N(N2[CH-]N(C)c3ccccc32)c2ccccc21.[Pt+2].[Pt+2].[Pt+2]. The molecule has 6 aromatic carbocycles. The quantitative estimate of drug-likeness (QED) is 0.159. The number of benzene rings is 6. The van der Waals surface area contributed by atoms with Gasteiger partial charge in [0.15, 0.2) is 0 Å². The third-order valence-electron chi connectivity index (χ3n) is 11.4. The van der Waals surface area contributed by atoms with E-state index in [1.54, 1.807) is 0 Å². The number of para-hydroxylation sites is 12. The molecule has 15 heteroatoms. The Labute approximate surface area is 498 Å². The van der Waals surface area contributed by atoms with Gasteiger partial charge in [0.1, 0.15) is 0 Å². The predicted octanol–water partition coefficient (Wildman–Crippen LogP) is 15.3. The molecule has 414 valence electrons. The van der Waals surface area contributed by atoms with Crippen LogP contribution in [0.25, 0.3) is 0 Å². The van der Waals surface area contributed by atoms with E-state index in [-0.39, 0.29) is 85.5 Å². The van der Waals surface area contributed by atoms with Crippen molar-refractivity contribution in [3.8, 4) is 0 Å². The Kier molecular flexibility index (Phi) is 28.9. The summed E-state index contributed by atoms with van der Waals surface area (Å²) in [4.78, 5) is 12.9. The Bertz CT molecular complexity index is 2130. The van der Waals surface area contributed by atoms with E-state index in [1.165, 1.54) is 87.5 Å². The van der Waals surface area contributed by atoms with Crippen LogP contribution in [0.15, 0.2) is 146 Å². The van der Waals surface area contributed by atoms with Gasteiger partial charge in [-0.05, 0) is 115 Å². The van der Waals surface area contributed by atoms with Crippen molar-refractivity contribution in [1.82, 2.24) is 0 Å². The van der Waals surface area contributed by atoms with Gasteiger partial charge >= 0.3 is 63.2 Å². The largest absolute Gasteiger partial charge is 2.00 e. The molecular formula is C60H84N12Pt3. The molecule has 6 heterocycles. The summed E-state index contributed by atoms with van der Waals surface area (Å²) in [6.45, 7) is 25.4. The van der Waals surface area contributed by atoms with Crippen molar-refractivity contribution in [3.05, 3.63) is 186 Å². The van der Waals surface area contributed by atoms with E-state index in [0.717, 1.165) is 0 Å². The van der Waals surface area contributed by atoms with Crippen LogP contribution in [0.1, 0.15) is 83.1 Å². The molecule has 6 aromatic rings. The van der Waals surface area contributed by atoms with E-state index >= 15 is 0 Å². The van der Waals surface area contributed by atoms with Gasteiger partial charge in [-0.1, -0.05) is 156 Å². The Hall–Kier alpha value is -5.02. The van der Waals surface area contributed by atoms with Crippen LogP contribution in [0.4, 0.5) is 68.2 Å². The molecule has 12 rings (SSSR count). The minimum atomic E-state index is 0. The van der Waals surface area contributed by atoms with Crippen LogP contribution in [-0.4, -0.2) is 42.3 Å². The summed E-state index contributed by atoms with van der Waals surface area (Å²) in [6.07, 6.45) is 3.75. The summed E-state index contributed by atoms with van der Waals surface area (Å²) < 4.78 is 0. The van der Waals surface area contributed by atoms with Crippen LogP contribution in [0, 0.1) is 40.0 Å². The molecule has 0 aliphatic carbocycles. The second-order valence-corrected chi connectivity index (χ2v) is 17.5. The normalized spacial score (nSPS) is 14.1. The van der Waals surface area contributed by atoms with Crippen LogP contribution in [0.5, 0.6) is 0 Å². The van der Waals surface area contributed by atoms with Crippen LogP contribution in [0.3, 0.4) is 0 Å². The fourth-order valence-electron chi connectivity index (χ4n) is 8.50. The van der Waals surface area contributed by atoms with Crippen molar-refractivity contribution >= 4 is 68.2 Å². The van der Waals surface area contributed by atoms with E-state index in [4.69, 9.17) is 0 Å². The minimum absolute atomic E-state index is 0. The standard InChI is InChI=1S/3C16H16N4.3C3H8.3CH4.3Pt/c3*1-17-11-19(15-9-5-3-7-13(15)17)20-12-18(2)14-8-4-6-10-16(14)20;3*1-3-2;;;;;;/h3*3-12H,1-2H3;3*3H2,1-2H3;3*1H4;;;/q3*-2;;;;;;;3*+2. The Morgan fingerprint density at radius 2 is 0.320 bits per heavy atom. The molecule has 75 heavy (non-hydrogen) atoms. The zero-order valence-corrected chi connectivity index (χ0v) is 50.6. The van der Waals surface area contributed by atoms with Gasteiger partial charge in [-0.2, -0.15) is 0 Å². The fourth-order valence-corrected chi connectivity index (χ4v) is 8.50. The number of nitrogens with zero attached hydrogens (tertiary/aromatic N) is 12. The first-order valence-corrected chi connectivity index (χ1v) is 24.3. The smallest absolute Gasteiger partial charge is 0.502 e. The maximum absolute atomic E-state index is 2.18. The molecule has 0 radical (unpaired) electrons. The first kappa shape index (κ1) is 68.0. The molecule has 0 saturated carbocycles. The number of hydrazine groups is 3. The van der Waals surface area contributed by atoms with Crippen molar-refractivity contribution in [2.24, 2.45) is 0 Å². The summed E-state index contributed by atoms with van der Waals surface area (Å²) >= 11 is 0. The van der Waals surface area contributed by atoms with E-state index < -0.39 is 0 Å². The number of hydrogen-bond acceptors (Lipinski definition) is 12. The van der Waals surface area contributed by atoms with Crippen LogP contribution < -0.4 is 59.5 Å². The molecule has 0 amide bonds. The summed E-state index contributed by atoms with van der Waals surface area (Å²) in [6, 6.07) is 50.5. The van der Waals surface area contributed by atoms with Crippen molar-refractivity contribution in [2.45, 2.75) is 83.1 Å². The molecular weight excluding hydrogens is 1470 g/mol. The van der Waals surface area contributed by atoms with Crippen molar-refractivity contribution in [3.63, 3.8) is 0 Å². The molecule has 0 atom stereocenters. The molecule has 0 spiro atoms. The first-order valence-electron chi connectivity index (χ1n) is 24.3. The molecule has 0 aromatic heterocycles. The molecule has 0 unspecified atom stereocenters. The second-order valence-electron chi connectivity index (χ2n) is 17.5. The van der Waals surface area contributed by atoms with Gasteiger partial charge in [0, 0.05) is 68.2 Å². The fraction of sp³-hybridized carbons (Fsp3) is 0.300. The molecule has 0 bridgehead atoms. The molecule has 6 aliphatic rings. The maximum atomic E-state index is 2.18. The van der Waals surface area contributed by atoms with Crippen LogP contribution >= 0.6 is 0 Å². The summed E-state index contributed by atoms with van der Waals surface area (Å²) in [5.74, 6) is 0. The predicted molar refractivity (Wildman–Crippen MR) is 318 cm³/mol. The number of rotatable bonds is 3. The Balaban J connectivity index is 0.000000502. The zero-order chi connectivity index (χ0) is 49.2. The van der Waals surface area contributed by atoms with Gasteiger partial charge in [0.2, 0.25) is 0 Å². The number of fused-ring (bicyclic) bond motifs is 6. The molecule has 12 nitrogen and oxygen atoms in total. The van der Waals surface area contributed by atoms with Crippen molar-refractivity contribution < 1.29 is 63.2 Å². The average Bonchev–Trinajstić information content (AvgIpc) is 4.21. The number of anilines is 12. The first-order chi connectivity index (χ1) is 33.5. The Morgan fingerprint density at radius 3 is 0.427 bits per heavy atom. The molecule has 0 fully saturated rings. The molecule has 6 aliphatic heterocycles. The van der Waals surface area contributed by atoms with E-state index in [2.05, 4.69) is 329 Å². The summed E-state index contributed by atoms with van der Waals surface area (Å²) in [7, 11) is 12.4. The van der Waals surface area contributed by atoms with Crippen molar-refractivity contribution in [1.29, 1.82) is 0 Å². The van der Waals surface area contributed by atoms with E-state index in [0.29, 0.717) is 0 Å². The van der Waals surface area contributed by atoms with Crippen molar-refractivity contribution in [2.75, 3.05) is 102 Å². The zero-order valence-electron chi connectivity index (χ0n) is 43.8. The topological polar surface area (TPSA) is 38.9 Å². The Morgan fingerprint density at radius 1 is 0.227 bits per heavy atom. The van der Waals surface area contributed by atoms with Gasteiger partial charge < -0.3 is 59.5 Å². The third-order valence-corrected chi connectivity index (χ3v) is 11.4. The molecule has 0 saturated heterocycles. The minimum Gasteiger partial charge on any atom is -0.502 e. The summed E-state index contributed by atoms with van der Waals surface area (Å²) in [5, 5.41) is 13.1. The van der Waals surface area contributed by atoms with Crippen LogP contribution in [0.2, 0.25) is 0 Å². The van der Waals surface area contributed by atoms with Gasteiger partial charge in [0.05, 0.1) is 0 Å². The van der Waals surface area contributed by atoms with Gasteiger partial charge in [-0.3, -0.25) is 0 Å². The van der Waals surface area contributed by atoms with Crippen LogP contribution in [-0.2, 0) is 63.2 Å². The monoisotopic (exact) mass is 1560 g/mol.